The number of nitrogens with one attached hydrogen (secondary N) is 1. The molecule has 194 valence electrons. The lowest BCUT2D eigenvalue weighted by Crippen LogP contribution is -2.71. The fraction of sp³-hybridized carbons (Fsp3) is 0.519. The van der Waals surface area contributed by atoms with Gasteiger partial charge in [0.15, 0.2) is 5.76 Å². The predicted molar refractivity (Wildman–Crippen MR) is 136 cm³/mol. The van der Waals surface area contributed by atoms with Crippen molar-refractivity contribution in [2.24, 2.45) is 11.8 Å². The Hall–Kier alpha value is -3.33. The second-order valence-electron chi connectivity index (χ2n) is 10.1. The molecule has 9 nitrogen and oxygen atoms in total. The van der Waals surface area contributed by atoms with E-state index in [1.165, 1.54) is 13.4 Å². The van der Waals surface area contributed by atoms with Crippen LogP contribution in [0.4, 0.5) is 5.69 Å². The zero-order valence-corrected chi connectivity index (χ0v) is 21.7. The summed E-state index contributed by atoms with van der Waals surface area (Å²) in [6.07, 6.45) is 2.20. The topological polar surface area (TPSA) is 95.3 Å². The molecule has 0 aliphatic carbocycles. The molecule has 0 saturated carbocycles. The Balaban J connectivity index is 1.82. The summed E-state index contributed by atoms with van der Waals surface area (Å²) in [5.74, 6) is 0.233. The Morgan fingerprint density at radius 3 is 2.61 bits per heavy atom. The molecule has 0 radical (unpaired) electrons. The van der Waals surface area contributed by atoms with Gasteiger partial charge in [0.05, 0.1) is 25.6 Å². The van der Waals surface area contributed by atoms with Gasteiger partial charge in [0.25, 0.3) is 11.8 Å². The molecule has 36 heavy (non-hydrogen) atoms. The lowest BCUT2D eigenvalue weighted by molar-refractivity contribution is -0.144. The molecule has 0 spiro atoms. The molecule has 3 atom stereocenters. The molecule has 2 unspecified atom stereocenters. The van der Waals surface area contributed by atoms with Crippen LogP contribution in [0.5, 0.6) is 5.75 Å². The van der Waals surface area contributed by atoms with E-state index in [1.807, 2.05) is 25.8 Å². The highest BCUT2D eigenvalue weighted by Crippen LogP contribution is 2.41. The molecule has 3 amide bonds. The molecule has 1 aromatic heterocycles. The van der Waals surface area contributed by atoms with Crippen molar-refractivity contribution in [2.45, 2.75) is 45.8 Å². The van der Waals surface area contributed by atoms with Crippen LogP contribution in [0.1, 0.15) is 54.5 Å². The number of anilines is 1. The average Bonchev–Trinajstić information content (AvgIpc) is 3.39. The Morgan fingerprint density at radius 2 is 1.97 bits per heavy atom. The fourth-order valence-electron chi connectivity index (χ4n) is 5.24. The molecule has 1 aromatic carbocycles. The first kappa shape index (κ1) is 25.8. The maximum absolute atomic E-state index is 14.0. The van der Waals surface area contributed by atoms with E-state index in [4.69, 9.17) is 9.15 Å². The smallest absolute Gasteiger partial charge is 0.295 e. The number of methoxy groups -OCH3 is 1. The minimum absolute atomic E-state index is 0.0756. The number of hydrogen-bond donors (Lipinski definition) is 1. The summed E-state index contributed by atoms with van der Waals surface area (Å²) >= 11 is 0. The lowest BCUT2D eigenvalue weighted by atomic mass is 9.92. The van der Waals surface area contributed by atoms with Crippen LogP contribution in [-0.4, -0.2) is 73.5 Å². The molecule has 0 bridgehead atoms. The second-order valence-corrected chi connectivity index (χ2v) is 10.1. The van der Waals surface area contributed by atoms with Crippen molar-refractivity contribution >= 4 is 23.4 Å². The van der Waals surface area contributed by atoms with E-state index in [9.17, 15) is 14.4 Å². The zero-order valence-electron chi connectivity index (χ0n) is 21.7. The SMILES string of the molecule is CNCCC(C)CN1CC2N(C(=O)c3ccco3)c3cccc(OC)c3C(=O)N2[C@@H](CC(C)C)C1=O. The number of benzene rings is 1. The Kier molecular flexibility index (Phi) is 7.68. The normalized spacial score (nSPS) is 20.4. The number of rotatable bonds is 9. The summed E-state index contributed by atoms with van der Waals surface area (Å²) in [4.78, 5) is 46.6. The fourth-order valence-corrected chi connectivity index (χ4v) is 5.24. The number of hydrogen-bond acceptors (Lipinski definition) is 6. The van der Waals surface area contributed by atoms with E-state index in [0.29, 0.717) is 24.4 Å². The lowest BCUT2D eigenvalue weighted by Gasteiger charge is -2.53. The minimum atomic E-state index is -0.683. The van der Waals surface area contributed by atoms with Crippen molar-refractivity contribution in [3.05, 3.63) is 47.9 Å². The van der Waals surface area contributed by atoms with Crippen LogP contribution >= 0.6 is 0 Å². The van der Waals surface area contributed by atoms with Crippen LogP contribution in [0.3, 0.4) is 0 Å². The van der Waals surface area contributed by atoms with Crippen molar-refractivity contribution in [3.8, 4) is 5.75 Å². The van der Waals surface area contributed by atoms with Crippen LogP contribution in [0.15, 0.2) is 41.0 Å². The van der Waals surface area contributed by atoms with Gasteiger partial charge < -0.3 is 24.3 Å². The van der Waals surface area contributed by atoms with Gasteiger partial charge in [-0.05, 0) is 62.5 Å². The van der Waals surface area contributed by atoms with Gasteiger partial charge in [-0.25, -0.2) is 0 Å². The number of nitrogens with zero attached hydrogens (tertiary/aromatic N) is 3. The Morgan fingerprint density at radius 1 is 1.19 bits per heavy atom. The molecule has 2 aliphatic rings. The summed E-state index contributed by atoms with van der Waals surface area (Å²) in [6, 6.07) is 7.81. The van der Waals surface area contributed by atoms with Gasteiger partial charge >= 0.3 is 0 Å². The highest BCUT2D eigenvalue weighted by Gasteiger charge is 2.52. The van der Waals surface area contributed by atoms with Gasteiger partial charge in [0.2, 0.25) is 5.91 Å². The van der Waals surface area contributed by atoms with E-state index >= 15 is 0 Å². The standard InChI is InChI=1S/C27H36N4O5/c1-17(2)14-20-25(32)29(15-18(3)11-12-28-4)16-23-30(26(33)22-10-7-13-36-22)19-8-6-9-21(35-5)24(19)27(34)31(20)23/h6-10,13,17-18,20,23,28H,11-12,14-16H2,1-5H3/t18?,20-,23?/m0/s1. The number of piperazine rings is 1. The quantitative estimate of drug-likeness (QED) is 0.573. The molecular formula is C27H36N4O5. The molecule has 9 heteroatoms. The van der Waals surface area contributed by atoms with Crippen LogP contribution in [-0.2, 0) is 4.79 Å². The van der Waals surface area contributed by atoms with Crippen LogP contribution in [0.25, 0.3) is 0 Å². The van der Waals surface area contributed by atoms with Crippen molar-refractivity contribution in [2.75, 3.05) is 38.7 Å². The number of ether oxygens (including phenoxy) is 1. The highest BCUT2D eigenvalue weighted by atomic mass is 16.5. The number of amides is 3. The van der Waals surface area contributed by atoms with E-state index in [-0.39, 0.29) is 47.4 Å². The van der Waals surface area contributed by atoms with Crippen molar-refractivity contribution in [1.29, 1.82) is 0 Å². The van der Waals surface area contributed by atoms with Crippen LogP contribution in [0, 0.1) is 11.8 Å². The second kappa shape index (κ2) is 10.7. The Labute approximate surface area is 212 Å². The third-order valence-electron chi connectivity index (χ3n) is 6.93. The molecule has 3 heterocycles. The summed E-state index contributed by atoms with van der Waals surface area (Å²) in [7, 11) is 3.40. The van der Waals surface area contributed by atoms with E-state index in [0.717, 1.165) is 13.0 Å². The molecule has 4 rings (SSSR count). The van der Waals surface area contributed by atoms with Gasteiger partial charge in [0.1, 0.15) is 23.5 Å². The average molecular weight is 497 g/mol. The molecular weight excluding hydrogens is 460 g/mol. The van der Waals surface area contributed by atoms with Gasteiger partial charge in [-0.15, -0.1) is 0 Å². The summed E-state index contributed by atoms with van der Waals surface area (Å²) in [5.41, 5.74) is 0.747. The van der Waals surface area contributed by atoms with Crippen molar-refractivity contribution < 1.29 is 23.5 Å². The molecule has 2 aliphatic heterocycles. The van der Waals surface area contributed by atoms with Crippen LogP contribution in [0.2, 0.25) is 0 Å². The van der Waals surface area contributed by atoms with Crippen molar-refractivity contribution in [1.82, 2.24) is 15.1 Å². The third-order valence-corrected chi connectivity index (χ3v) is 6.93. The first-order valence-corrected chi connectivity index (χ1v) is 12.6. The van der Waals surface area contributed by atoms with Gasteiger partial charge in [-0.3, -0.25) is 19.3 Å². The maximum Gasteiger partial charge on any atom is 0.295 e. The Bertz CT molecular complexity index is 1100. The first-order chi connectivity index (χ1) is 17.3. The predicted octanol–water partition coefficient (Wildman–Crippen LogP) is 3.22. The van der Waals surface area contributed by atoms with E-state index < -0.39 is 12.2 Å². The molecule has 2 aromatic rings. The number of fused-ring (bicyclic) bond motifs is 2. The summed E-state index contributed by atoms with van der Waals surface area (Å²) in [6.45, 7) is 7.82. The molecule has 1 N–H and O–H groups in total. The van der Waals surface area contributed by atoms with Crippen LogP contribution < -0.4 is 15.0 Å². The highest BCUT2D eigenvalue weighted by molar-refractivity contribution is 6.14. The maximum atomic E-state index is 14.0. The number of carbonyl (C=O) groups is 3. The summed E-state index contributed by atoms with van der Waals surface area (Å²) in [5, 5.41) is 3.16. The summed E-state index contributed by atoms with van der Waals surface area (Å²) < 4.78 is 11.0. The van der Waals surface area contributed by atoms with Crippen molar-refractivity contribution in [3.63, 3.8) is 0 Å². The molecule has 1 fully saturated rings. The number of carbonyl (C=O) groups excluding carboxylic acids is 3. The monoisotopic (exact) mass is 496 g/mol. The largest absolute Gasteiger partial charge is 0.496 e. The zero-order chi connectivity index (χ0) is 26.0. The number of furan rings is 1. The van der Waals surface area contributed by atoms with E-state index in [1.54, 1.807) is 40.1 Å². The van der Waals surface area contributed by atoms with Gasteiger partial charge in [0, 0.05) is 6.54 Å². The first-order valence-electron chi connectivity index (χ1n) is 12.6. The van der Waals surface area contributed by atoms with Gasteiger partial charge in [-0.1, -0.05) is 26.8 Å². The van der Waals surface area contributed by atoms with Gasteiger partial charge in [-0.2, -0.15) is 0 Å². The third kappa shape index (κ3) is 4.72. The minimum Gasteiger partial charge on any atom is -0.496 e. The van der Waals surface area contributed by atoms with E-state index in [2.05, 4.69) is 12.2 Å². The molecule has 1 saturated heterocycles.